The average Bonchev–Trinajstić information content (AvgIpc) is 3.36. The number of unbranched alkanes of at least 4 members (excludes halogenated alkanes) is 10. The van der Waals surface area contributed by atoms with E-state index < -0.39 is 0 Å². The van der Waals surface area contributed by atoms with Gasteiger partial charge in [0.1, 0.15) is 11.4 Å². The Morgan fingerprint density at radius 1 is 0.679 bits per heavy atom. The van der Waals surface area contributed by atoms with Crippen LogP contribution in [0, 0.1) is 0 Å². The van der Waals surface area contributed by atoms with Crippen molar-refractivity contribution in [2.75, 3.05) is 0 Å². The molecule has 2 aromatic heterocycles. The lowest BCUT2D eigenvalue weighted by Crippen LogP contribution is -2.35. The van der Waals surface area contributed by atoms with Gasteiger partial charge in [-0.3, -0.25) is 0 Å². The number of hydrogen-bond donors (Lipinski definition) is 0. The number of fused-ring (bicyclic) bond motifs is 3. The van der Waals surface area contributed by atoms with Crippen molar-refractivity contribution in [1.29, 1.82) is 0 Å². The van der Waals surface area contributed by atoms with Crippen molar-refractivity contribution in [2.24, 2.45) is 0 Å². The Balaban J connectivity index is 1.65. The third-order valence-electron chi connectivity index (χ3n) is 6.17. The van der Waals surface area contributed by atoms with Crippen molar-refractivity contribution in [2.45, 2.75) is 109 Å². The van der Waals surface area contributed by atoms with Crippen LogP contribution in [0.2, 0.25) is 0 Å². The summed E-state index contributed by atoms with van der Waals surface area (Å²) in [5, 5.41) is 4.47. The second kappa shape index (κ2) is 11.4. The SMILES string of the molecule is CCCCCCCCC1(CCCCCCCC)Oc2ccsc2-c2sccc21. The molecule has 0 aromatic carbocycles. The van der Waals surface area contributed by atoms with Gasteiger partial charge in [-0.05, 0) is 48.6 Å². The molecule has 1 nitrogen and oxygen atoms in total. The van der Waals surface area contributed by atoms with Gasteiger partial charge in [0, 0.05) is 5.56 Å². The summed E-state index contributed by atoms with van der Waals surface area (Å²) in [4.78, 5) is 2.83. The minimum Gasteiger partial charge on any atom is -0.481 e. The van der Waals surface area contributed by atoms with Crippen LogP contribution in [0.4, 0.5) is 0 Å². The van der Waals surface area contributed by atoms with Gasteiger partial charge in [-0.25, -0.2) is 0 Å². The highest BCUT2D eigenvalue weighted by molar-refractivity contribution is 7.20. The van der Waals surface area contributed by atoms with E-state index in [0.29, 0.717) is 0 Å². The molecule has 0 radical (unpaired) electrons. The molecule has 0 bridgehead atoms. The highest BCUT2D eigenvalue weighted by Crippen LogP contribution is 2.53. The zero-order valence-corrected chi connectivity index (χ0v) is 19.6. The second-order valence-electron chi connectivity index (χ2n) is 8.41. The Morgan fingerprint density at radius 2 is 1.21 bits per heavy atom. The first-order chi connectivity index (χ1) is 13.8. The summed E-state index contributed by atoms with van der Waals surface area (Å²) >= 11 is 3.74. The topological polar surface area (TPSA) is 9.23 Å². The molecule has 0 saturated heterocycles. The average molecular weight is 419 g/mol. The van der Waals surface area contributed by atoms with Crippen LogP contribution >= 0.6 is 22.7 Å². The first-order valence-electron chi connectivity index (χ1n) is 11.7. The Bertz CT molecular complexity index is 668. The second-order valence-corrected chi connectivity index (χ2v) is 10.2. The van der Waals surface area contributed by atoms with Gasteiger partial charge in [0.25, 0.3) is 0 Å². The molecule has 156 valence electrons. The van der Waals surface area contributed by atoms with Crippen LogP contribution in [0.5, 0.6) is 5.75 Å². The van der Waals surface area contributed by atoms with Crippen molar-refractivity contribution in [3.05, 3.63) is 28.5 Å². The molecule has 0 N–H and O–H groups in total. The molecule has 0 unspecified atom stereocenters. The van der Waals surface area contributed by atoms with E-state index in [9.17, 15) is 0 Å². The maximum atomic E-state index is 6.82. The molecule has 0 spiro atoms. The minimum atomic E-state index is -0.0844. The molecule has 0 fully saturated rings. The van der Waals surface area contributed by atoms with Crippen LogP contribution in [-0.4, -0.2) is 0 Å². The van der Waals surface area contributed by atoms with Gasteiger partial charge in [-0.1, -0.05) is 78.1 Å². The highest BCUT2D eigenvalue weighted by Gasteiger charge is 2.41. The van der Waals surface area contributed by atoms with Crippen molar-refractivity contribution >= 4 is 22.7 Å². The van der Waals surface area contributed by atoms with Crippen LogP contribution in [0.3, 0.4) is 0 Å². The van der Waals surface area contributed by atoms with Gasteiger partial charge in [-0.2, -0.15) is 0 Å². The van der Waals surface area contributed by atoms with Crippen molar-refractivity contribution in [1.82, 2.24) is 0 Å². The number of ether oxygens (including phenoxy) is 1. The van der Waals surface area contributed by atoms with E-state index in [1.807, 2.05) is 22.7 Å². The van der Waals surface area contributed by atoms with Gasteiger partial charge in [-0.15, -0.1) is 22.7 Å². The summed E-state index contributed by atoms with van der Waals surface area (Å²) in [6.07, 6.45) is 18.5. The molecule has 0 atom stereocenters. The molecule has 28 heavy (non-hydrogen) atoms. The molecule has 3 heterocycles. The summed E-state index contributed by atoms with van der Waals surface area (Å²) in [7, 11) is 0. The molecule has 3 heteroatoms. The number of hydrogen-bond acceptors (Lipinski definition) is 3. The largest absolute Gasteiger partial charge is 0.481 e. The van der Waals surface area contributed by atoms with E-state index >= 15 is 0 Å². The van der Waals surface area contributed by atoms with Gasteiger partial charge in [0.05, 0.1) is 9.75 Å². The maximum Gasteiger partial charge on any atom is 0.140 e. The third kappa shape index (κ3) is 5.42. The smallest absolute Gasteiger partial charge is 0.140 e. The first kappa shape index (κ1) is 21.9. The van der Waals surface area contributed by atoms with Crippen LogP contribution < -0.4 is 4.74 Å². The normalized spacial score (nSPS) is 14.5. The molecule has 1 aliphatic heterocycles. The number of thiophene rings is 2. The van der Waals surface area contributed by atoms with Gasteiger partial charge in [0.15, 0.2) is 0 Å². The van der Waals surface area contributed by atoms with Gasteiger partial charge in [0.2, 0.25) is 0 Å². The summed E-state index contributed by atoms with van der Waals surface area (Å²) < 4.78 is 6.82. The maximum absolute atomic E-state index is 6.82. The zero-order chi connectivity index (χ0) is 19.7. The molecule has 1 aliphatic rings. The third-order valence-corrected chi connectivity index (χ3v) is 8.14. The standard InChI is InChI=1S/C25H38OS2/c1-3-5-7-9-11-13-17-25(18-14-12-10-8-6-4-2)21-15-19-27-23(21)24-22(26-25)16-20-28-24/h15-16,19-20H,3-14,17-18H2,1-2H3. The number of rotatable bonds is 14. The summed E-state index contributed by atoms with van der Waals surface area (Å²) in [6.45, 7) is 4.59. The molecule has 0 amide bonds. The molecular weight excluding hydrogens is 380 g/mol. The quantitative estimate of drug-likeness (QED) is 0.277. The fourth-order valence-corrected chi connectivity index (χ4v) is 6.52. The van der Waals surface area contributed by atoms with Gasteiger partial charge < -0.3 is 4.74 Å². The molecule has 0 saturated carbocycles. The lowest BCUT2D eigenvalue weighted by Gasteiger charge is -2.38. The molecular formula is C25H38OS2. The van der Waals surface area contributed by atoms with E-state index in [0.717, 1.165) is 5.75 Å². The fraction of sp³-hybridized carbons (Fsp3) is 0.680. The van der Waals surface area contributed by atoms with Gasteiger partial charge >= 0.3 is 0 Å². The van der Waals surface area contributed by atoms with E-state index in [1.165, 1.54) is 105 Å². The van der Waals surface area contributed by atoms with Crippen molar-refractivity contribution in [3.63, 3.8) is 0 Å². The van der Waals surface area contributed by atoms with E-state index in [4.69, 9.17) is 4.74 Å². The molecule has 0 aliphatic carbocycles. The summed E-state index contributed by atoms with van der Waals surface area (Å²) in [6, 6.07) is 4.55. The monoisotopic (exact) mass is 418 g/mol. The van der Waals surface area contributed by atoms with Crippen LogP contribution in [-0.2, 0) is 5.60 Å². The summed E-state index contributed by atoms with van der Waals surface area (Å²) in [5.74, 6) is 1.14. The molecule has 2 aromatic rings. The fourth-order valence-electron chi connectivity index (χ4n) is 4.53. The Hall–Kier alpha value is -0.800. The van der Waals surface area contributed by atoms with Crippen LogP contribution in [0.25, 0.3) is 9.75 Å². The Morgan fingerprint density at radius 3 is 1.86 bits per heavy atom. The van der Waals surface area contributed by atoms with Crippen LogP contribution in [0.1, 0.15) is 109 Å². The van der Waals surface area contributed by atoms with Crippen molar-refractivity contribution < 1.29 is 4.74 Å². The minimum absolute atomic E-state index is 0.0844. The predicted octanol–water partition coefficient (Wildman–Crippen LogP) is 9.57. The summed E-state index contributed by atoms with van der Waals surface area (Å²) in [5.41, 5.74) is 1.40. The first-order valence-corrected chi connectivity index (χ1v) is 13.4. The lowest BCUT2D eigenvalue weighted by atomic mass is 9.82. The van der Waals surface area contributed by atoms with E-state index in [1.54, 1.807) is 0 Å². The predicted molar refractivity (Wildman–Crippen MR) is 126 cm³/mol. The lowest BCUT2D eigenvalue weighted by molar-refractivity contribution is 0.0397. The van der Waals surface area contributed by atoms with E-state index in [2.05, 4.69) is 36.7 Å². The van der Waals surface area contributed by atoms with Crippen LogP contribution in [0.15, 0.2) is 22.9 Å². The highest BCUT2D eigenvalue weighted by atomic mass is 32.1. The van der Waals surface area contributed by atoms with Crippen molar-refractivity contribution in [3.8, 4) is 15.5 Å². The Labute approximate surface area is 180 Å². The van der Waals surface area contributed by atoms with E-state index in [-0.39, 0.29) is 5.60 Å². The molecule has 3 rings (SSSR count). The zero-order valence-electron chi connectivity index (χ0n) is 17.9. The Kier molecular flexibility index (Phi) is 8.92.